The molecule has 0 radical (unpaired) electrons. The smallest absolute Gasteiger partial charge is 0.330 e. The highest BCUT2D eigenvalue weighted by Crippen LogP contribution is 2.19. The second kappa shape index (κ2) is 8.10. The van der Waals surface area contributed by atoms with Crippen molar-refractivity contribution in [2.45, 2.75) is 12.6 Å². The maximum Gasteiger partial charge on any atom is 0.330 e. The van der Waals surface area contributed by atoms with Gasteiger partial charge in [-0.15, -0.1) is 0 Å². The summed E-state index contributed by atoms with van der Waals surface area (Å²) in [5, 5.41) is 3.24. The Balaban J connectivity index is 2.16. The Kier molecular flexibility index (Phi) is 5.86. The summed E-state index contributed by atoms with van der Waals surface area (Å²) in [6.07, 6.45) is 2.91. The lowest BCUT2D eigenvalue weighted by Gasteiger charge is -2.16. The van der Waals surface area contributed by atoms with Crippen LogP contribution in [0.25, 0.3) is 0 Å². The summed E-state index contributed by atoms with van der Waals surface area (Å²) in [4.78, 5) is 11.3. The summed E-state index contributed by atoms with van der Waals surface area (Å²) < 4.78 is 18.6. The van der Waals surface area contributed by atoms with Crippen molar-refractivity contribution < 1.29 is 13.9 Å². The molecule has 2 aromatic carbocycles. The van der Waals surface area contributed by atoms with Crippen LogP contribution < -0.4 is 5.32 Å². The minimum atomic E-state index is -0.470. The van der Waals surface area contributed by atoms with Crippen LogP contribution in [0.15, 0.2) is 66.7 Å². The Hall–Kier alpha value is -2.46. The average Bonchev–Trinajstić information content (AvgIpc) is 2.56. The Morgan fingerprint density at radius 3 is 2.55 bits per heavy atom. The molecule has 2 rings (SSSR count). The largest absolute Gasteiger partial charge is 0.466 e. The van der Waals surface area contributed by atoms with Crippen molar-refractivity contribution in [1.29, 1.82) is 0 Å². The third-order valence-electron chi connectivity index (χ3n) is 3.24. The highest BCUT2D eigenvalue weighted by Gasteiger charge is 2.12. The molecule has 0 bridgehead atoms. The van der Waals surface area contributed by atoms with Crippen LogP contribution >= 0.6 is 0 Å². The van der Waals surface area contributed by atoms with Gasteiger partial charge in [0.2, 0.25) is 0 Å². The van der Waals surface area contributed by atoms with Gasteiger partial charge in [-0.05, 0) is 11.6 Å². The van der Waals surface area contributed by atoms with E-state index in [1.54, 1.807) is 24.3 Å². The Morgan fingerprint density at radius 2 is 1.86 bits per heavy atom. The quantitative estimate of drug-likeness (QED) is 0.656. The standard InChI is InChI=1S/C18H18FNO2/c1-22-18(21)12-11-17(15-9-5-6-10-16(15)19)20-13-14-7-3-2-4-8-14/h2-12,17,20H,13H2,1H3/b12-11+/t17-/m1/s1. The first kappa shape index (κ1) is 15.9. The Bertz CT molecular complexity index is 641. The molecule has 3 nitrogen and oxygen atoms in total. The monoisotopic (exact) mass is 299 g/mol. The van der Waals surface area contributed by atoms with Gasteiger partial charge in [-0.1, -0.05) is 54.6 Å². The average molecular weight is 299 g/mol. The maximum atomic E-state index is 14.0. The maximum absolute atomic E-state index is 14.0. The fourth-order valence-corrected chi connectivity index (χ4v) is 2.08. The molecule has 1 N–H and O–H groups in total. The van der Waals surface area contributed by atoms with Crippen molar-refractivity contribution in [2.24, 2.45) is 0 Å². The number of ether oxygens (including phenoxy) is 1. The van der Waals surface area contributed by atoms with Crippen LogP contribution in [0.1, 0.15) is 17.2 Å². The third kappa shape index (κ3) is 4.53. The molecule has 0 aliphatic rings. The number of nitrogens with one attached hydrogen (secondary N) is 1. The lowest BCUT2D eigenvalue weighted by Crippen LogP contribution is -2.20. The fourth-order valence-electron chi connectivity index (χ4n) is 2.08. The normalized spacial score (nSPS) is 12.3. The molecule has 0 amide bonds. The summed E-state index contributed by atoms with van der Waals surface area (Å²) >= 11 is 0. The highest BCUT2D eigenvalue weighted by molar-refractivity contribution is 5.81. The minimum absolute atomic E-state index is 0.317. The molecular formula is C18H18FNO2. The van der Waals surface area contributed by atoms with Crippen LogP contribution in [0.4, 0.5) is 4.39 Å². The summed E-state index contributed by atoms with van der Waals surface area (Å²) in [6.45, 7) is 0.561. The van der Waals surface area contributed by atoms with Crippen LogP contribution in [-0.4, -0.2) is 13.1 Å². The number of carbonyl (C=O) groups excluding carboxylic acids is 1. The lowest BCUT2D eigenvalue weighted by molar-refractivity contribution is -0.134. The highest BCUT2D eigenvalue weighted by atomic mass is 19.1. The van der Waals surface area contributed by atoms with Gasteiger partial charge in [0.05, 0.1) is 13.2 Å². The molecule has 0 saturated heterocycles. The van der Waals surface area contributed by atoms with Crippen LogP contribution in [-0.2, 0) is 16.1 Å². The number of halogens is 1. The molecule has 4 heteroatoms. The van der Waals surface area contributed by atoms with Gasteiger partial charge in [-0.25, -0.2) is 9.18 Å². The van der Waals surface area contributed by atoms with Gasteiger partial charge >= 0.3 is 5.97 Å². The third-order valence-corrected chi connectivity index (χ3v) is 3.24. The van der Waals surface area contributed by atoms with Gasteiger partial charge in [-0.2, -0.15) is 0 Å². The predicted octanol–water partition coefficient (Wildman–Crippen LogP) is 3.39. The first-order valence-electron chi connectivity index (χ1n) is 6.98. The van der Waals surface area contributed by atoms with Crippen molar-refractivity contribution in [3.63, 3.8) is 0 Å². The van der Waals surface area contributed by atoms with E-state index in [2.05, 4.69) is 10.1 Å². The van der Waals surface area contributed by atoms with Crippen LogP contribution in [0.5, 0.6) is 0 Å². The molecule has 0 saturated carbocycles. The van der Waals surface area contributed by atoms with E-state index in [-0.39, 0.29) is 5.82 Å². The van der Waals surface area contributed by atoms with E-state index in [4.69, 9.17) is 0 Å². The van der Waals surface area contributed by atoms with Gasteiger partial charge in [0.1, 0.15) is 5.82 Å². The summed E-state index contributed by atoms with van der Waals surface area (Å²) in [5.74, 6) is -0.787. The number of rotatable bonds is 6. The van der Waals surface area contributed by atoms with Crippen LogP contribution in [0.3, 0.4) is 0 Å². The molecule has 0 heterocycles. The molecule has 0 aliphatic carbocycles. The molecule has 0 fully saturated rings. The topological polar surface area (TPSA) is 38.3 Å². The number of hydrogen-bond donors (Lipinski definition) is 1. The van der Waals surface area contributed by atoms with Crippen molar-refractivity contribution in [1.82, 2.24) is 5.32 Å². The Labute approximate surface area is 129 Å². The number of benzene rings is 2. The molecule has 114 valence electrons. The van der Waals surface area contributed by atoms with E-state index < -0.39 is 12.0 Å². The molecule has 0 aliphatic heterocycles. The Morgan fingerprint density at radius 1 is 1.18 bits per heavy atom. The molecule has 2 aromatic rings. The molecule has 0 spiro atoms. The van der Waals surface area contributed by atoms with E-state index in [1.807, 2.05) is 30.3 Å². The van der Waals surface area contributed by atoms with E-state index >= 15 is 0 Å². The minimum Gasteiger partial charge on any atom is -0.466 e. The van der Waals surface area contributed by atoms with Crippen LogP contribution in [0, 0.1) is 5.82 Å². The fraction of sp³-hybridized carbons (Fsp3) is 0.167. The van der Waals surface area contributed by atoms with E-state index in [0.717, 1.165) is 5.56 Å². The first-order valence-corrected chi connectivity index (χ1v) is 6.98. The molecule has 22 heavy (non-hydrogen) atoms. The van der Waals surface area contributed by atoms with Gasteiger partial charge in [0, 0.05) is 18.2 Å². The molecular weight excluding hydrogens is 281 g/mol. The van der Waals surface area contributed by atoms with Crippen molar-refractivity contribution >= 4 is 5.97 Å². The molecule has 0 aromatic heterocycles. The zero-order valence-electron chi connectivity index (χ0n) is 12.3. The molecule has 0 unspecified atom stereocenters. The first-order chi connectivity index (χ1) is 10.7. The van der Waals surface area contributed by atoms with E-state index in [1.165, 1.54) is 19.3 Å². The summed E-state index contributed by atoms with van der Waals surface area (Å²) in [7, 11) is 1.31. The van der Waals surface area contributed by atoms with Gasteiger partial charge < -0.3 is 10.1 Å². The zero-order chi connectivity index (χ0) is 15.8. The van der Waals surface area contributed by atoms with Gasteiger partial charge in [0.25, 0.3) is 0 Å². The van der Waals surface area contributed by atoms with Crippen molar-refractivity contribution in [3.8, 4) is 0 Å². The van der Waals surface area contributed by atoms with Crippen LogP contribution in [0.2, 0.25) is 0 Å². The number of hydrogen-bond acceptors (Lipinski definition) is 3. The molecule has 1 atom stereocenters. The van der Waals surface area contributed by atoms with E-state index in [0.29, 0.717) is 12.1 Å². The second-order valence-electron chi connectivity index (χ2n) is 4.75. The number of carbonyl (C=O) groups is 1. The zero-order valence-corrected chi connectivity index (χ0v) is 12.3. The number of methoxy groups -OCH3 is 1. The lowest BCUT2D eigenvalue weighted by atomic mass is 10.0. The SMILES string of the molecule is COC(=O)/C=C/[C@@H](NCc1ccccc1)c1ccccc1F. The summed E-state index contributed by atoms with van der Waals surface area (Å²) in [5.41, 5.74) is 1.56. The van der Waals surface area contributed by atoms with Crippen molar-refractivity contribution in [3.05, 3.63) is 83.7 Å². The predicted molar refractivity (Wildman–Crippen MR) is 83.6 cm³/mol. The van der Waals surface area contributed by atoms with Crippen molar-refractivity contribution in [2.75, 3.05) is 7.11 Å². The van der Waals surface area contributed by atoms with Gasteiger partial charge in [0.15, 0.2) is 0 Å². The van der Waals surface area contributed by atoms with E-state index in [9.17, 15) is 9.18 Å². The summed E-state index contributed by atoms with van der Waals surface area (Å²) in [6, 6.07) is 15.9. The van der Waals surface area contributed by atoms with Gasteiger partial charge in [-0.3, -0.25) is 0 Å². The number of esters is 1. The second-order valence-corrected chi connectivity index (χ2v) is 4.75.